The van der Waals surface area contributed by atoms with Gasteiger partial charge in [-0.15, -0.1) is 0 Å². The summed E-state index contributed by atoms with van der Waals surface area (Å²) in [5.41, 5.74) is 1.92. The van der Waals surface area contributed by atoms with E-state index in [1.54, 1.807) is 0 Å². The Hall–Kier alpha value is -1.69. The Morgan fingerprint density at radius 2 is 2.00 bits per heavy atom. The van der Waals surface area contributed by atoms with Gasteiger partial charge >= 0.3 is 0 Å². The average molecular weight is 284 g/mol. The first kappa shape index (κ1) is 14.3. The van der Waals surface area contributed by atoms with Crippen LogP contribution in [0.25, 0.3) is 0 Å². The molecular formula is C18H24N2O. The average Bonchev–Trinajstić information content (AvgIpc) is 2.94. The topological polar surface area (TPSA) is 45.0 Å². The number of benzene rings is 1. The maximum absolute atomic E-state index is 8.53. The van der Waals surface area contributed by atoms with Gasteiger partial charge in [-0.1, -0.05) is 20.8 Å². The first-order valence-electron chi connectivity index (χ1n) is 7.82. The first-order valence-corrected chi connectivity index (χ1v) is 7.82. The van der Waals surface area contributed by atoms with Gasteiger partial charge < -0.3 is 10.1 Å². The molecule has 2 aliphatic carbocycles. The summed E-state index contributed by atoms with van der Waals surface area (Å²) in [5.74, 6) is 1.60. The first-order chi connectivity index (χ1) is 9.95. The minimum Gasteiger partial charge on any atom is -0.479 e. The molecule has 0 amide bonds. The molecule has 1 aromatic rings. The molecule has 0 heterocycles. The molecule has 1 N–H and O–H groups in total. The van der Waals surface area contributed by atoms with Gasteiger partial charge in [0.1, 0.15) is 11.8 Å². The fraction of sp³-hybridized carbons (Fsp3) is 0.611. The Balaban J connectivity index is 1.73. The molecule has 0 aliphatic heterocycles. The lowest BCUT2D eigenvalue weighted by Gasteiger charge is -2.43. The number of hydrogen-bond acceptors (Lipinski definition) is 3. The molecule has 2 fully saturated rings. The van der Waals surface area contributed by atoms with Gasteiger partial charge in [0, 0.05) is 11.7 Å². The Morgan fingerprint density at radius 1 is 1.29 bits per heavy atom. The number of nitrogens with zero attached hydrogens (tertiary/aromatic N) is 1. The van der Waals surface area contributed by atoms with Crippen LogP contribution in [-0.4, -0.2) is 12.6 Å². The van der Waals surface area contributed by atoms with Crippen LogP contribution in [0.5, 0.6) is 5.75 Å². The zero-order chi connectivity index (χ0) is 15.1. The molecule has 3 nitrogen and oxygen atoms in total. The van der Waals surface area contributed by atoms with Gasteiger partial charge in [-0.2, -0.15) is 5.26 Å². The quantitative estimate of drug-likeness (QED) is 0.900. The largest absolute Gasteiger partial charge is 0.479 e. The predicted molar refractivity (Wildman–Crippen MR) is 84.2 cm³/mol. The summed E-state index contributed by atoms with van der Waals surface area (Å²) in [5, 5.41) is 12.3. The van der Waals surface area contributed by atoms with Gasteiger partial charge in [-0.3, -0.25) is 0 Å². The smallest absolute Gasteiger partial charge is 0.174 e. The normalized spacial score (nSPS) is 32.7. The van der Waals surface area contributed by atoms with Gasteiger partial charge in [-0.05, 0) is 60.3 Å². The number of hydrogen-bond donors (Lipinski definition) is 1. The van der Waals surface area contributed by atoms with E-state index in [0.717, 1.165) is 17.4 Å². The molecule has 0 aromatic heterocycles. The van der Waals surface area contributed by atoms with Gasteiger partial charge in [0.2, 0.25) is 0 Å². The molecule has 3 unspecified atom stereocenters. The van der Waals surface area contributed by atoms with Crippen LogP contribution >= 0.6 is 0 Å². The third-order valence-electron chi connectivity index (χ3n) is 5.74. The predicted octanol–water partition coefficient (Wildman–Crippen LogP) is 4.22. The SMILES string of the molecule is CC12CCC(C1)C(C)(C)C2Nc1ccc(OCC#N)cc1. The molecule has 1 aromatic carbocycles. The fourth-order valence-corrected chi connectivity index (χ4v) is 4.59. The van der Waals surface area contributed by atoms with E-state index in [1.807, 2.05) is 18.2 Å². The number of nitriles is 1. The summed E-state index contributed by atoms with van der Waals surface area (Å²) in [4.78, 5) is 0. The summed E-state index contributed by atoms with van der Waals surface area (Å²) in [6.07, 6.45) is 4.06. The van der Waals surface area contributed by atoms with E-state index in [1.165, 1.54) is 19.3 Å². The van der Waals surface area contributed by atoms with E-state index in [4.69, 9.17) is 10.00 Å². The summed E-state index contributed by atoms with van der Waals surface area (Å²) < 4.78 is 5.30. The monoisotopic (exact) mass is 284 g/mol. The molecule has 3 heteroatoms. The van der Waals surface area contributed by atoms with Crippen LogP contribution in [0.2, 0.25) is 0 Å². The van der Waals surface area contributed by atoms with Crippen LogP contribution in [0, 0.1) is 28.1 Å². The van der Waals surface area contributed by atoms with E-state index in [9.17, 15) is 0 Å². The Bertz CT molecular complexity index is 553. The van der Waals surface area contributed by atoms with Crippen LogP contribution < -0.4 is 10.1 Å². The van der Waals surface area contributed by atoms with E-state index in [-0.39, 0.29) is 6.61 Å². The lowest BCUT2D eigenvalue weighted by atomic mass is 9.68. The van der Waals surface area contributed by atoms with Crippen molar-refractivity contribution in [3.63, 3.8) is 0 Å². The van der Waals surface area contributed by atoms with Gasteiger partial charge in [0.05, 0.1) is 0 Å². The molecule has 0 spiro atoms. The molecular weight excluding hydrogens is 260 g/mol. The number of ether oxygens (including phenoxy) is 1. The highest BCUT2D eigenvalue weighted by Crippen LogP contribution is 2.63. The van der Waals surface area contributed by atoms with E-state index in [0.29, 0.717) is 16.9 Å². The zero-order valence-electron chi connectivity index (χ0n) is 13.1. The van der Waals surface area contributed by atoms with E-state index in [2.05, 4.69) is 38.2 Å². The Kier molecular flexibility index (Phi) is 3.36. The van der Waals surface area contributed by atoms with Crippen LogP contribution in [-0.2, 0) is 0 Å². The molecule has 112 valence electrons. The lowest BCUT2D eigenvalue weighted by Crippen LogP contribution is -2.45. The number of nitrogens with one attached hydrogen (secondary N) is 1. The minimum atomic E-state index is 0.0994. The van der Waals surface area contributed by atoms with Crippen LogP contribution in [0.15, 0.2) is 24.3 Å². The van der Waals surface area contributed by atoms with Crippen molar-refractivity contribution in [3.8, 4) is 11.8 Å². The van der Waals surface area contributed by atoms with Crippen molar-refractivity contribution in [1.29, 1.82) is 5.26 Å². The van der Waals surface area contributed by atoms with Crippen LogP contribution in [0.1, 0.15) is 40.0 Å². The standard InChI is InChI=1S/C18H24N2O/c1-17(2)13-8-9-18(3,12-13)16(17)20-14-4-6-15(7-5-14)21-11-10-19/h4-7,13,16,20H,8-9,11-12H2,1-3H3. The Morgan fingerprint density at radius 3 is 2.57 bits per heavy atom. The van der Waals surface area contributed by atoms with Gasteiger partial charge in [0.25, 0.3) is 0 Å². The molecule has 21 heavy (non-hydrogen) atoms. The lowest BCUT2D eigenvalue weighted by molar-refractivity contribution is 0.155. The maximum atomic E-state index is 8.53. The van der Waals surface area contributed by atoms with E-state index < -0.39 is 0 Å². The highest BCUT2D eigenvalue weighted by Gasteiger charge is 2.59. The molecule has 3 atom stereocenters. The van der Waals surface area contributed by atoms with Crippen molar-refractivity contribution in [2.24, 2.45) is 16.7 Å². The second kappa shape index (κ2) is 4.94. The van der Waals surface area contributed by atoms with Crippen molar-refractivity contribution in [2.75, 3.05) is 11.9 Å². The number of rotatable bonds is 4. The molecule has 0 saturated heterocycles. The number of fused-ring (bicyclic) bond motifs is 2. The highest BCUT2D eigenvalue weighted by atomic mass is 16.5. The van der Waals surface area contributed by atoms with Gasteiger partial charge in [-0.25, -0.2) is 0 Å². The van der Waals surface area contributed by atoms with Crippen molar-refractivity contribution in [2.45, 2.75) is 46.1 Å². The second-order valence-corrected chi connectivity index (χ2v) is 7.46. The number of anilines is 1. The van der Waals surface area contributed by atoms with E-state index >= 15 is 0 Å². The van der Waals surface area contributed by atoms with Gasteiger partial charge in [0.15, 0.2) is 6.61 Å². The Labute approximate surface area is 127 Å². The molecule has 3 rings (SSSR count). The molecule has 0 radical (unpaired) electrons. The maximum Gasteiger partial charge on any atom is 0.174 e. The minimum absolute atomic E-state index is 0.0994. The van der Waals surface area contributed by atoms with Crippen molar-refractivity contribution in [3.05, 3.63) is 24.3 Å². The highest BCUT2D eigenvalue weighted by molar-refractivity contribution is 5.48. The van der Waals surface area contributed by atoms with Crippen LogP contribution in [0.3, 0.4) is 0 Å². The zero-order valence-corrected chi connectivity index (χ0v) is 13.1. The van der Waals surface area contributed by atoms with Crippen molar-refractivity contribution >= 4 is 5.69 Å². The van der Waals surface area contributed by atoms with Crippen molar-refractivity contribution in [1.82, 2.24) is 0 Å². The van der Waals surface area contributed by atoms with Crippen molar-refractivity contribution < 1.29 is 4.74 Å². The summed E-state index contributed by atoms with van der Waals surface area (Å²) in [6.45, 7) is 7.35. The summed E-state index contributed by atoms with van der Waals surface area (Å²) in [6, 6.07) is 10.5. The fourth-order valence-electron chi connectivity index (χ4n) is 4.59. The third kappa shape index (κ3) is 2.37. The second-order valence-electron chi connectivity index (χ2n) is 7.46. The third-order valence-corrected chi connectivity index (χ3v) is 5.74. The molecule has 2 saturated carbocycles. The molecule has 2 aliphatic rings. The summed E-state index contributed by atoms with van der Waals surface area (Å²) in [7, 11) is 0. The molecule has 2 bridgehead atoms. The van der Waals surface area contributed by atoms with Crippen LogP contribution in [0.4, 0.5) is 5.69 Å². The summed E-state index contributed by atoms with van der Waals surface area (Å²) >= 11 is 0.